The second-order valence-corrected chi connectivity index (χ2v) is 8.27. The fraction of sp³-hybridized carbons (Fsp3) is 0.250. The highest BCUT2D eigenvalue weighted by Crippen LogP contribution is 2.26. The third-order valence-corrected chi connectivity index (χ3v) is 5.89. The van der Waals surface area contributed by atoms with Crippen molar-refractivity contribution in [3.8, 4) is 6.07 Å². The molecule has 0 radical (unpaired) electrons. The Morgan fingerprint density at radius 1 is 1.17 bits per heavy atom. The summed E-state index contributed by atoms with van der Waals surface area (Å²) >= 11 is 0. The van der Waals surface area contributed by atoms with Crippen molar-refractivity contribution in [2.24, 2.45) is 5.92 Å². The number of benzene rings is 2. The first-order chi connectivity index (χ1) is 16.7. The molecular formula is C24H20F3N5O3. The lowest BCUT2D eigenvalue weighted by Crippen LogP contribution is -2.43. The lowest BCUT2D eigenvalue weighted by atomic mass is 10.1. The van der Waals surface area contributed by atoms with Crippen molar-refractivity contribution in [3.63, 3.8) is 0 Å². The number of nitrogens with one attached hydrogen (secondary N) is 2. The standard InChI is InChI=1S/C24H20F3N5O3/c1-31(24(35)19-8-16-17(25)9-18(26)21(27)22(16)30-19)12-20(33)32-11-13(7-15(32)10-28)23(34)29-14-5-3-2-4-6-14/h2-6,8-9,13,15,30H,7,11-12H2,1H3,(H,29,34). The minimum atomic E-state index is -1.40. The van der Waals surface area contributed by atoms with Crippen LogP contribution in [0.2, 0.25) is 0 Å². The summed E-state index contributed by atoms with van der Waals surface area (Å²) in [5.74, 6) is -6.04. The van der Waals surface area contributed by atoms with Crippen LogP contribution in [0.25, 0.3) is 10.9 Å². The van der Waals surface area contributed by atoms with Gasteiger partial charge in [-0.2, -0.15) is 5.26 Å². The molecule has 0 saturated carbocycles. The van der Waals surface area contributed by atoms with E-state index in [9.17, 15) is 32.8 Å². The summed E-state index contributed by atoms with van der Waals surface area (Å²) in [6.07, 6.45) is 0.144. The number of hydrogen-bond donors (Lipinski definition) is 2. The molecule has 1 aliphatic rings. The summed E-state index contributed by atoms with van der Waals surface area (Å²) in [7, 11) is 1.30. The van der Waals surface area contributed by atoms with Gasteiger partial charge in [-0.1, -0.05) is 18.2 Å². The van der Waals surface area contributed by atoms with Crippen molar-refractivity contribution in [2.45, 2.75) is 12.5 Å². The van der Waals surface area contributed by atoms with Gasteiger partial charge in [0.15, 0.2) is 11.6 Å². The molecule has 2 atom stereocenters. The van der Waals surface area contributed by atoms with Gasteiger partial charge in [-0.05, 0) is 24.6 Å². The maximum absolute atomic E-state index is 14.0. The van der Waals surface area contributed by atoms with E-state index >= 15 is 0 Å². The first-order valence-electron chi connectivity index (χ1n) is 10.7. The van der Waals surface area contributed by atoms with Crippen LogP contribution in [0.1, 0.15) is 16.9 Å². The van der Waals surface area contributed by atoms with Crippen molar-refractivity contribution in [1.82, 2.24) is 14.8 Å². The van der Waals surface area contributed by atoms with Crippen LogP contribution < -0.4 is 5.32 Å². The molecule has 0 bridgehead atoms. The van der Waals surface area contributed by atoms with Gasteiger partial charge in [-0.15, -0.1) is 0 Å². The third kappa shape index (κ3) is 4.68. The average molecular weight is 483 g/mol. The van der Waals surface area contributed by atoms with Crippen LogP contribution in [0.15, 0.2) is 42.5 Å². The number of hydrogen-bond acceptors (Lipinski definition) is 4. The zero-order valence-corrected chi connectivity index (χ0v) is 18.5. The number of likely N-dealkylation sites (N-methyl/N-ethyl adjacent to an activating group) is 1. The van der Waals surface area contributed by atoms with E-state index in [-0.39, 0.29) is 30.0 Å². The molecule has 11 heteroatoms. The molecule has 1 aliphatic heterocycles. The Kier molecular flexibility index (Phi) is 6.46. The van der Waals surface area contributed by atoms with Gasteiger partial charge in [0, 0.05) is 30.7 Å². The molecule has 1 aromatic heterocycles. The van der Waals surface area contributed by atoms with Crippen molar-refractivity contribution in [2.75, 3.05) is 25.5 Å². The van der Waals surface area contributed by atoms with Gasteiger partial charge in [0.05, 0.1) is 24.0 Å². The summed E-state index contributed by atoms with van der Waals surface area (Å²) in [4.78, 5) is 42.8. The van der Waals surface area contributed by atoms with Crippen LogP contribution in [-0.4, -0.2) is 58.7 Å². The predicted molar refractivity (Wildman–Crippen MR) is 119 cm³/mol. The second kappa shape index (κ2) is 9.50. The molecule has 35 heavy (non-hydrogen) atoms. The van der Waals surface area contributed by atoms with E-state index in [0.717, 1.165) is 11.0 Å². The summed E-state index contributed by atoms with van der Waals surface area (Å²) in [6.45, 7) is -0.446. The maximum atomic E-state index is 14.0. The molecule has 2 N–H and O–H groups in total. The van der Waals surface area contributed by atoms with E-state index in [1.165, 1.54) is 11.9 Å². The molecule has 4 rings (SSSR count). The lowest BCUT2D eigenvalue weighted by Gasteiger charge is -2.23. The Morgan fingerprint density at radius 2 is 1.89 bits per heavy atom. The molecule has 8 nitrogen and oxygen atoms in total. The van der Waals surface area contributed by atoms with Crippen molar-refractivity contribution in [3.05, 3.63) is 65.6 Å². The maximum Gasteiger partial charge on any atom is 0.270 e. The van der Waals surface area contributed by atoms with E-state index < -0.39 is 53.3 Å². The SMILES string of the molecule is CN(CC(=O)N1CC(C(=O)Nc2ccccc2)CC1C#N)C(=O)c1cc2c(F)cc(F)c(F)c2[nH]1. The van der Waals surface area contributed by atoms with Crippen LogP contribution in [0, 0.1) is 34.7 Å². The highest BCUT2D eigenvalue weighted by Gasteiger charge is 2.39. The largest absolute Gasteiger partial charge is 0.348 e. The summed E-state index contributed by atoms with van der Waals surface area (Å²) in [6, 6.07) is 11.3. The number of aromatic amines is 1. The summed E-state index contributed by atoms with van der Waals surface area (Å²) < 4.78 is 41.4. The number of fused-ring (bicyclic) bond motifs is 1. The number of para-hydroxylation sites is 1. The Balaban J connectivity index is 1.44. The molecule has 1 saturated heterocycles. The van der Waals surface area contributed by atoms with Crippen LogP contribution in [-0.2, 0) is 9.59 Å². The van der Waals surface area contributed by atoms with Gasteiger partial charge < -0.3 is 20.1 Å². The van der Waals surface area contributed by atoms with Crippen molar-refractivity contribution in [1.29, 1.82) is 5.26 Å². The van der Waals surface area contributed by atoms with Crippen LogP contribution in [0.5, 0.6) is 0 Å². The van der Waals surface area contributed by atoms with E-state index in [1.807, 2.05) is 6.07 Å². The van der Waals surface area contributed by atoms with Gasteiger partial charge in [-0.3, -0.25) is 14.4 Å². The number of H-pyrrole nitrogens is 1. The number of halogens is 3. The molecule has 3 amide bonds. The predicted octanol–water partition coefficient (Wildman–Crippen LogP) is 3.04. The molecular weight excluding hydrogens is 463 g/mol. The Morgan fingerprint density at radius 3 is 2.57 bits per heavy atom. The Bertz CT molecular complexity index is 1350. The van der Waals surface area contributed by atoms with E-state index in [4.69, 9.17) is 0 Å². The molecule has 180 valence electrons. The smallest absolute Gasteiger partial charge is 0.270 e. The molecule has 2 unspecified atom stereocenters. The molecule has 1 fully saturated rings. The number of carbonyl (C=O) groups is 3. The number of amides is 3. The number of anilines is 1. The number of nitrogens with zero attached hydrogens (tertiary/aromatic N) is 3. The van der Waals surface area contributed by atoms with Crippen molar-refractivity contribution >= 4 is 34.3 Å². The van der Waals surface area contributed by atoms with Gasteiger partial charge in [0.2, 0.25) is 11.8 Å². The summed E-state index contributed by atoms with van der Waals surface area (Å²) in [5.41, 5.74) is -0.147. The zero-order valence-electron chi connectivity index (χ0n) is 18.5. The topological polar surface area (TPSA) is 109 Å². The highest BCUT2D eigenvalue weighted by atomic mass is 19.2. The van der Waals surface area contributed by atoms with Gasteiger partial charge >= 0.3 is 0 Å². The quantitative estimate of drug-likeness (QED) is 0.544. The number of rotatable bonds is 5. The number of carbonyl (C=O) groups excluding carboxylic acids is 3. The van der Waals surface area contributed by atoms with Crippen LogP contribution >= 0.6 is 0 Å². The lowest BCUT2D eigenvalue weighted by molar-refractivity contribution is -0.131. The van der Waals surface area contributed by atoms with Crippen LogP contribution in [0.4, 0.5) is 18.9 Å². The minimum absolute atomic E-state index is 0.000154. The number of likely N-dealkylation sites (tertiary alicyclic amines) is 1. The van der Waals surface area contributed by atoms with E-state index in [1.54, 1.807) is 30.3 Å². The van der Waals surface area contributed by atoms with E-state index in [2.05, 4.69) is 10.3 Å². The first-order valence-corrected chi connectivity index (χ1v) is 10.7. The molecule has 2 heterocycles. The Labute approximate surface area is 197 Å². The number of aromatic nitrogens is 1. The number of nitriles is 1. The third-order valence-electron chi connectivity index (χ3n) is 5.89. The summed E-state index contributed by atoms with van der Waals surface area (Å²) in [5, 5.41) is 11.9. The normalized spacial score (nSPS) is 17.3. The molecule has 0 aliphatic carbocycles. The van der Waals surface area contributed by atoms with Crippen LogP contribution in [0.3, 0.4) is 0 Å². The van der Waals surface area contributed by atoms with Gasteiger partial charge in [0.25, 0.3) is 5.91 Å². The second-order valence-electron chi connectivity index (χ2n) is 8.27. The highest BCUT2D eigenvalue weighted by molar-refractivity contribution is 6.00. The zero-order chi connectivity index (χ0) is 25.3. The molecule has 0 spiro atoms. The Hall–Kier alpha value is -4.33. The minimum Gasteiger partial charge on any atom is -0.348 e. The monoisotopic (exact) mass is 483 g/mol. The fourth-order valence-corrected chi connectivity index (χ4v) is 4.06. The van der Waals surface area contributed by atoms with Gasteiger partial charge in [-0.25, -0.2) is 13.2 Å². The molecule has 3 aromatic rings. The fourth-order valence-electron chi connectivity index (χ4n) is 4.06. The van der Waals surface area contributed by atoms with Gasteiger partial charge in [0.1, 0.15) is 17.6 Å². The molecule has 2 aromatic carbocycles. The first kappa shape index (κ1) is 23.8. The average Bonchev–Trinajstić information content (AvgIpc) is 3.48. The van der Waals surface area contributed by atoms with E-state index in [0.29, 0.717) is 11.8 Å². The van der Waals surface area contributed by atoms with Crippen molar-refractivity contribution < 1.29 is 27.6 Å².